The van der Waals surface area contributed by atoms with Gasteiger partial charge in [-0.25, -0.2) is 9.18 Å². The van der Waals surface area contributed by atoms with Gasteiger partial charge in [-0.15, -0.1) is 0 Å². The lowest BCUT2D eigenvalue weighted by Gasteiger charge is -2.08. The minimum Gasteiger partial charge on any atom is -0.486 e. The van der Waals surface area contributed by atoms with E-state index in [0.29, 0.717) is 11.3 Å². The summed E-state index contributed by atoms with van der Waals surface area (Å²) < 4.78 is 19.6. The van der Waals surface area contributed by atoms with Crippen LogP contribution in [-0.2, 0) is 6.61 Å². The van der Waals surface area contributed by atoms with Crippen LogP contribution in [0.4, 0.5) is 4.39 Å². The van der Waals surface area contributed by atoms with Gasteiger partial charge in [0.1, 0.15) is 12.3 Å². The molecular weight excluding hydrogens is 299 g/mol. The zero-order valence-corrected chi connectivity index (χ0v) is 12.0. The van der Waals surface area contributed by atoms with E-state index in [0.717, 1.165) is 5.56 Å². The third-order valence-electron chi connectivity index (χ3n) is 3.27. The smallest absolute Gasteiger partial charge is 0.353 e. The first kappa shape index (κ1) is 14.8. The van der Waals surface area contributed by atoms with Gasteiger partial charge in [0, 0.05) is 5.56 Å². The van der Waals surface area contributed by atoms with Crippen LogP contribution in [0.2, 0.25) is 0 Å². The number of aromatic amines is 1. The summed E-state index contributed by atoms with van der Waals surface area (Å²) in [5.74, 6) is -1.52. The number of hydrogen-bond acceptors (Lipinski definition) is 3. The standard InChI is InChI=1S/C17H13FN2O3/c18-13-8-12(14-9-15(17(21)22)20-19-14)6-7-16(13)23-10-11-4-2-1-3-5-11/h1-9H,10H2,(H,19,20)(H,21,22). The fraction of sp³-hybridized carbons (Fsp3) is 0.0588. The molecule has 0 aliphatic carbocycles. The van der Waals surface area contributed by atoms with Crippen LogP contribution < -0.4 is 4.74 Å². The van der Waals surface area contributed by atoms with Gasteiger partial charge in [-0.2, -0.15) is 5.10 Å². The van der Waals surface area contributed by atoms with Crippen molar-refractivity contribution in [2.24, 2.45) is 0 Å². The molecule has 0 spiro atoms. The molecule has 116 valence electrons. The molecule has 23 heavy (non-hydrogen) atoms. The number of carboxylic acids is 1. The summed E-state index contributed by atoms with van der Waals surface area (Å²) in [7, 11) is 0. The van der Waals surface area contributed by atoms with Gasteiger partial charge in [0.25, 0.3) is 0 Å². The van der Waals surface area contributed by atoms with Crippen molar-refractivity contribution in [2.75, 3.05) is 0 Å². The van der Waals surface area contributed by atoms with Crippen molar-refractivity contribution in [3.8, 4) is 17.0 Å². The largest absolute Gasteiger partial charge is 0.486 e. The highest BCUT2D eigenvalue weighted by molar-refractivity contribution is 5.86. The fourth-order valence-corrected chi connectivity index (χ4v) is 2.09. The Balaban J connectivity index is 1.76. The zero-order valence-electron chi connectivity index (χ0n) is 12.0. The van der Waals surface area contributed by atoms with Gasteiger partial charge in [0.2, 0.25) is 0 Å². The maximum Gasteiger partial charge on any atom is 0.353 e. The lowest BCUT2D eigenvalue weighted by atomic mass is 10.1. The van der Waals surface area contributed by atoms with Gasteiger partial charge in [-0.3, -0.25) is 5.10 Å². The van der Waals surface area contributed by atoms with Crippen LogP contribution in [0.5, 0.6) is 5.75 Å². The van der Waals surface area contributed by atoms with Crippen LogP contribution in [0.3, 0.4) is 0 Å². The Morgan fingerprint density at radius 1 is 1.17 bits per heavy atom. The van der Waals surface area contributed by atoms with Crippen LogP contribution in [0.1, 0.15) is 16.1 Å². The van der Waals surface area contributed by atoms with E-state index in [1.54, 1.807) is 6.07 Å². The second-order valence-electron chi connectivity index (χ2n) is 4.89. The highest BCUT2D eigenvalue weighted by Crippen LogP contribution is 2.25. The molecule has 0 atom stereocenters. The Morgan fingerprint density at radius 3 is 2.61 bits per heavy atom. The van der Waals surface area contributed by atoms with E-state index in [-0.39, 0.29) is 18.1 Å². The van der Waals surface area contributed by atoms with Crippen molar-refractivity contribution in [1.82, 2.24) is 10.2 Å². The molecule has 0 saturated carbocycles. The van der Waals surface area contributed by atoms with Crippen LogP contribution in [0.15, 0.2) is 54.6 Å². The van der Waals surface area contributed by atoms with Crippen molar-refractivity contribution in [3.63, 3.8) is 0 Å². The number of rotatable bonds is 5. The number of aromatic nitrogens is 2. The third-order valence-corrected chi connectivity index (χ3v) is 3.27. The SMILES string of the molecule is O=C(O)c1cc(-c2ccc(OCc3ccccc3)c(F)c2)n[nH]1. The van der Waals surface area contributed by atoms with E-state index in [1.165, 1.54) is 18.2 Å². The number of carbonyl (C=O) groups is 1. The molecule has 1 aromatic heterocycles. The van der Waals surface area contributed by atoms with Crippen molar-refractivity contribution in [3.05, 3.63) is 71.7 Å². The van der Waals surface area contributed by atoms with E-state index in [2.05, 4.69) is 10.2 Å². The number of hydrogen-bond donors (Lipinski definition) is 2. The van der Waals surface area contributed by atoms with Gasteiger partial charge >= 0.3 is 5.97 Å². The van der Waals surface area contributed by atoms with E-state index in [1.807, 2.05) is 30.3 Å². The second kappa shape index (κ2) is 6.31. The fourth-order valence-electron chi connectivity index (χ4n) is 2.09. The van der Waals surface area contributed by atoms with E-state index in [4.69, 9.17) is 9.84 Å². The Kier molecular flexibility index (Phi) is 4.05. The van der Waals surface area contributed by atoms with E-state index in [9.17, 15) is 9.18 Å². The molecular formula is C17H13FN2O3. The Bertz CT molecular complexity index is 831. The molecule has 0 saturated heterocycles. The van der Waals surface area contributed by atoms with E-state index >= 15 is 0 Å². The summed E-state index contributed by atoms with van der Waals surface area (Å²) in [5, 5.41) is 15.1. The van der Waals surface area contributed by atoms with Gasteiger partial charge in [-0.05, 0) is 29.8 Å². The lowest BCUT2D eigenvalue weighted by Crippen LogP contribution is -1.97. The molecule has 0 amide bonds. The number of nitrogens with zero attached hydrogens (tertiary/aromatic N) is 1. The molecule has 2 aromatic carbocycles. The third kappa shape index (κ3) is 3.37. The second-order valence-corrected chi connectivity index (χ2v) is 4.89. The summed E-state index contributed by atoms with van der Waals surface area (Å²) in [4.78, 5) is 10.8. The number of ether oxygens (including phenoxy) is 1. The molecule has 3 rings (SSSR count). The van der Waals surface area contributed by atoms with Crippen molar-refractivity contribution >= 4 is 5.97 Å². The molecule has 0 radical (unpaired) electrons. The normalized spacial score (nSPS) is 10.5. The lowest BCUT2D eigenvalue weighted by molar-refractivity contribution is 0.0690. The average Bonchev–Trinajstić information content (AvgIpc) is 3.05. The first-order valence-corrected chi connectivity index (χ1v) is 6.89. The Morgan fingerprint density at radius 2 is 1.96 bits per heavy atom. The molecule has 0 fully saturated rings. The summed E-state index contributed by atoms with van der Waals surface area (Å²) in [6.07, 6.45) is 0. The molecule has 0 aliphatic rings. The molecule has 1 heterocycles. The van der Waals surface area contributed by atoms with Crippen LogP contribution in [0.25, 0.3) is 11.3 Å². The quantitative estimate of drug-likeness (QED) is 0.756. The van der Waals surface area contributed by atoms with Crippen LogP contribution >= 0.6 is 0 Å². The molecule has 0 aliphatic heterocycles. The van der Waals surface area contributed by atoms with Crippen molar-refractivity contribution < 1.29 is 19.0 Å². The summed E-state index contributed by atoms with van der Waals surface area (Å²) in [6.45, 7) is 0.267. The molecule has 6 heteroatoms. The Labute approximate surface area is 131 Å². The minimum atomic E-state index is -1.12. The predicted octanol–water partition coefficient (Wildman–Crippen LogP) is 3.49. The Hall–Kier alpha value is -3.15. The number of nitrogens with one attached hydrogen (secondary N) is 1. The zero-order chi connectivity index (χ0) is 16.2. The molecule has 0 unspecified atom stereocenters. The first-order chi connectivity index (χ1) is 11.1. The average molecular weight is 312 g/mol. The molecule has 3 aromatic rings. The number of aromatic carboxylic acids is 1. The number of carboxylic acid groups (broad SMARTS) is 1. The van der Waals surface area contributed by atoms with Crippen molar-refractivity contribution in [2.45, 2.75) is 6.61 Å². The van der Waals surface area contributed by atoms with E-state index < -0.39 is 11.8 Å². The summed E-state index contributed by atoms with van der Waals surface area (Å²) in [5.41, 5.74) is 1.72. The van der Waals surface area contributed by atoms with Gasteiger partial charge in [0.05, 0.1) is 5.69 Å². The number of halogens is 1. The topological polar surface area (TPSA) is 75.2 Å². The van der Waals surface area contributed by atoms with Gasteiger partial charge in [-0.1, -0.05) is 30.3 Å². The number of H-pyrrole nitrogens is 1. The first-order valence-electron chi connectivity index (χ1n) is 6.89. The summed E-state index contributed by atoms with van der Waals surface area (Å²) >= 11 is 0. The molecule has 0 bridgehead atoms. The maximum atomic E-state index is 14.1. The van der Waals surface area contributed by atoms with Crippen LogP contribution in [-0.4, -0.2) is 21.3 Å². The molecule has 2 N–H and O–H groups in total. The summed E-state index contributed by atoms with van der Waals surface area (Å²) in [6, 6.07) is 15.2. The molecule has 5 nitrogen and oxygen atoms in total. The maximum absolute atomic E-state index is 14.1. The number of benzene rings is 2. The van der Waals surface area contributed by atoms with Gasteiger partial charge < -0.3 is 9.84 Å². The minimum absolute atomic E-state index is 0.0511. The van der Waals surface area contributed by atoms with Gasteiger partial charge in [0.15, 0.2) is 11.6 Å². The monoisotopic (exact) mass is 312 g/mol. The highest BCUT2D eigenvalue weighted by atomic mass is 19.1. The van der Waals surface area contributed by atoms with Crippen molar-refractivity contribution in [1.29, 1.82) is 0 Å². The predicted molar refractivity (Wildman–Crippen MR) is 81.7 cm³/mol. The highest BCUT2D eigenvalue weighted by Gasteiger charge is 2.12. The van der Waals surface area contributed by atoms with Crippen LogP contribution in [0, 0.1) is 5.82 Å².